The first-order valence-corrected chi connectivity index (χ1v) is 9.28. The summed E-state index contributed by atoms with van der Waals surface area (Å²) in [6, 6.07) is 3.85. The summed E-state index contributed by atoms with van der Waals surface area (Å²) in [5, 5.41) is 3.95. The fourth-order valence-electron chi connectivity index (χ4n) is 1.94. The van der Waals surface area contributed by atoms with Gasteiger partial charge in [-0.3, -0.25) is 0 Å². The number of esters is 1. The first kappa shape index (κ1) is 21.3. The van der Waals surface area contributed by atoms with Crippen molar-refractivity contribution in [3.8, 4) is 11.6 Å². The van der Waals surface area contributed by atoms with Gasteiger partial charge in [0.25, 0.3) is 0 Å². The number of carbonyl (C=O) groups is 1. The lowest BCUT2D eigenvalue weighted by Gasteiger charge is -2.12. The SMILES string of the molecule is CCOC(=O)c1nn(-c2ccc(Cl)cc2Cl)c(OS(=O)(=O)C(F)(F)F)c1C. The second-order valence-corrected chi connectivity index (χ2v) is 7.37. The van der Waals surface area contributed by atoms with Gasteiger partial charge in [-0.2, -0.15) is 31.4 Å². The van der Waals surface area contributed by atoms with E-state index in [2.05, 4.69) is 9.28 Å². The van der Waals surface area contributed by atoms with Crippen molar-refractivity contribution in [3.05, 3.63) is 39.5 Å². The summed E-state index contributed by atoms with van der Waals surface area (Å²) in [5.41, 5.74) is -6.47. The summed E-state index contributed by atoms with van der Waals surface area (Å²) in [6.45, 7) is 2.62. The molecule has 0 aliphatic heterocycles. The highest BCUT2D eigenvalue weighted by Crippen LogP contribution is 2.34. The average Bonchev–Trinajstić information content (AvgIpc) is 2.83. The molecule has 1 heterocycles. The maximum atomic E-state index is 12.7. The Morgan fingerprint density at radius 2 is 1.93 bits per heavy atom. The summed E-state index contributed by atoms with van der Waals surface area (Å²) in [7, 11) is -6.03. The molecule has 2 rings (SSSR count). The first-order valence-electron chi connectivity index (χ1n) is 7.12. The van der Waals surface area contributed by atoms with Crippen molar-refractivity contribution in [2.45, 2.75) is 19.4 Å². The highest BCUT2D eigenvalue weighted by atomic mass is 35.5. The molecule has 2 aromatic rings. The van der Waals surface area contributed by atoms with Gasteiger partial charge in [0.05, 0.1) is 17.3 Å². The van der Waals surface area contributed by atoms with Crippen LogP contribution in [-0.4, -0.2) is 36.3 Å². The van der Waals surface area contributed by atoms with Crippen LogP contribution in [0.1, 0.15) is 23.0 Å². The molecule has 0 spiro atoms. The van der Waals surface area contributed by atoms with Crippen LogP contribution >= 0.6 is 23.2 Å². The molecule has 0 bridgehead atoms. The lowest BCUT2D eigenvalue weighted by Crippen LogP contribution is -2.29. The molecule has 148 valence electrons. The third kappa shape index (κ3) is 4.30. The molecular formula is C14H11Cl2F3N2O5S. The van der Waals surface area contributed by atoms with Crippen LogP contribution in [0.25, 0.3) is 5.69 Å². The van der Waals surface area contributed by atoms with Crippen LogP contribution in [0.4, 0.5) is 13.2 Å². The van der Waals surface area contributed by atoms with E-state index in [9.17, 15) is 26.4 Å². The van der Waals surface area contributed by atoms with Crippen molar-refractivity contribution in [3.63, 3.8) is 0 Å². The molecule has 0 saturated carbocycles. The van der Waals surface area contributed by atoms with Gasteiger partial charge in [-0.05, 0) is 32.0 Å². The van der Waals surface area contributed by atoms with Crippen LogP contribution in [0.2, 0.25) is 10.0 Å². The van der Waals surface area contributed by atoms with Gasteiger partial charge in [-0.25, -0.2) is 4.79 Å². The minimum Gasteiger partial charge on any atom is -0.461 e. The number of benzene rings is 1. The fraction of sp³-hybridized carbons (Fsp3) is 0.286. The smallest absolute Gasteiger partial charge is 0.461 e. The number of alkyl halides is 3. The molecule has 0 aliphatic rings. The molecule has 0 radical (unpaired) electrons. The first-order chi connectivity index (χ1) is 12.4. The Bertz CT molecular complexity index is 989. The standard InChI is InChI=1S/C14H11Cl2F3N2O5S/c1-3-25-13(22)11-7(2)12(26-27(23,24)14(17,18)19)21(20-11)10-5-4-8(15)6-9(10)16/h4-6H,3H2,1-2H3. The molecule has 0 saturated heterocycles. The molecule has 0 atom stereocenters. The topological polar surface area (TPSA) is 87.5 Å². The van der Waals surface area contributed by atoms with E-state index in [0.717, 1.165) is 6.92 Å². The van der Waals surface area contributed by atoms with Gasteiger partial charge < -0.3 is 8.92 Å². The van der Waals surface area contributed by atoms with Crippen molar-refractivity contribution in [2.24, 2.45) is 0 Å². The van der Waals surface area contributed by atoms with E-state index in [-0.39, 0.29) is 27.9 Å². The average molecular weight is 447 g/mol. The molecule has 13 heteroatoms. The quantitative estimate of drug-likeness (QED) is 0.393. The van der Waals surface area contributed by atoms with Crippen LogP contribution in [0.5, 0.6) is 5.88 Å². The van der Waals surface area contributed by atoms with Crippen LogP contribution < -0.4 is 4.18 Å². The Hall–Kier alpha value is -1.98. The Balaban J connectivity index is 2.71. The largest absolute Gasteiger partial charge is 0.534 e. The molecule has 0 fully saturated rings. The number of halogens is 5. The van der Waals surface area contributed by atoms with Gasteiger partial charge in [0.1, 0.15) is 0 Å². The summed E-state index contributed by atoms with van der Waals surface area (Å²) >= 11 is 11.8. The highest BCUT2D eigenvalue weighted by molar-refractivity contribution is 7.88. The zero-order chi connectivity index (χ0) is 20.6. The van der Waals surface area contributed by atoms with Gasteiger partial charge in [0, 0.05) is 10.6 Å². The summed E-state index contributed by atoms with van der Waals surface area (Å²) in [6.07, 6.45) is 0. The van der Waals surface area contributed by atoms with Crippen molar-refractivity contribution in [1.29, 1.82) is 0 Å². The maximum Gasteiger partial charge on any atom is 0.534 e. The minimum atomic E-state index is -6.03. The Morgan fingerprint density at radius 1 is 1.30 bits per heavy atom. The Morgan fingerprint density at radius 3 is 2.44 bits per heavy atom. The number of nitrogens with zero attached hydrogens (tertiary/aromatic N) is 2. The lowest BCUT2D eigenvalue weighted by molar-refractivity contribution is -0.0502. The third-order valence-electron chi connectivity index (χ3n) is 3.15. The number of hydrogen-bond acceptors (Lipinski definition) is 6. The van der Waals surface area contributed by atoms with Gasteiger partial charge in [-0.15, -0.1) is 0 Å². The Labute approximate surface area is 161 Å². The third-order valence-corrected chi connectivity index (χ3v) is 4.63. The normalized spacial score (nSPS) is 12.1. The molecule has 0 amide bonds. The second kappa shape index (κ2) is 7.56. The highest BCUT2D eigenvalue weighted by Gasteiger charge is 2.49. The summed E-state index contributed by atoms with van der Waals surface area (Å²) in [4.78, 5) is 12.0. The molecular weight excluding hydrogens is 436 g/mol. The lowest BCUT2D eigenvalue weighted by atomic mass is 10.2. The van der Waals surface area contributed by atoms with Gasteiger partial charge in [0.15, 0.2) is 5.69 Å². The van der Waals surface area contributed by atoms with Gasteiger partial charge in [0.2, 0.25) is 5.88 Å². The van der Waals surface area contributed by atoms with Gasteiger partial charge in [-0.1, -0.05) is 23.2 Å². The van der Waals surface area contributed by atoms with E-state index in [1.54, 1.807) is 0 Å². The summed E-state index contributed by atoms with van der Waals surface area (Å²) < 4.78 is 70.7. The molecule has 0 aliphatic carbocycles. The van der Waals surface area contributed by atoms with E-state index in [4.69, 9.17) is 27.9 Å². The van der Waals surface area contributed by atoms with Crippen molar-refractivity contribution < 1.29 is 35.3 Å². The molecule has 0 N–H and O–H groups in total. The molecule has 7 nitrogen and oxygen atoms in total. The van der Waals surface area contributed by atoms with E-state index in [0.29, 0.717) is 4.68 Å². The van der Waals surface area contributed by atoms with Crippen LogP contribution in [0, 0.1) is 6.92 Å². The molecule has 0 unspecified atom stereocenters. The monoisotopic (exact) mass is 446 g/mol. The number of carbonyl (C=O) groups excluding carboxylic acids is 1. The zero-order valence-electron chi connectivity index (χ0n) is 13.7. The number of ether oxygens (including phenoxy) is 1. The van der Waals surface area contributed by atoms with E-state index in [1.807, 2.05) is 0 Å². The second-order valence-electron chi connectivity index (χ2n) is 4.99. The van der Waals surface area contributed by atoms with E-state index in [1.165, 1.54) is 25.1 Å². The molecule has 27 heavy (non-hydrogen) atoms. The number of rotatable bonds is 5. The van der Waals surface area contributed by atoms with Crippen LogP contribution in [-0.2, 0) is 14.9 Å². The van der Waals surface area contributed by atoms with Crippen molar-refractivity contribution >= 4 is 39.3 Å². The molecule has 1 aromatic carbocycles. The predicted octanol–water partition coefficient (Wildman–Crippen LogP) is 3.89. The predicted molar refractivity (Wildman–Crippen MR) is 89.9 cm³/mol. The minimum absolute atomic E-state index is 0.0378. The van der Waals surface area contributed by atoms with Crippen LogP contribution in [0.15, 0.2) is 18.2 Å². The Kier molecular flexibility index (Phi) is 5.97. The fourth-order valence-corrected chi connectivity index (χ4v) is 2.93. The van der Waals surface area contributed by atoms with Gasteiger partial charge >= 0.3 is 21.6 Å². The summed E-state index contributed by atoms with van der Waals surface area (Å²) in [5.74, 6) is -1.84. The van der Waals surface area contributed by atoms with E-state index < -0.39 is 33.2 Å². The maximum absolute atomic E-state index is 12.7. The van der Waals surface area contributed by atoms with Crippen molar-refractivity contribution in [2.75, 3.05) is 6.61 Å². The van der Waals surface area contributed by atoms with Crippen LogP contribution in [0.3, 0.4) is 0 Å². The number of aromatic nitrogens is 2. The van der Waals surface area contributed by atoms with Crippen molar-refractivity contribution in [1.82, 2.24) is 9.78 Å². The molecule has 1 aromatic heterocycles. The number of hydrogen-bond donors (Lipinski definition) is 0. The zero-order valence-corrected chi connectivity index (χ0v) is 16.0. The van der Waals surface area contributed by atoms with E-state index >= 15 is 0 Å².